The molecule has 0 aliphatic carbocycles. The lowest BCUT2D eigenvalue weighted by Gasteiger charge is -2.17. The summed E-state index contributed by atoms with van der Waals surface area (Å²) in [6, 6.07) is 2.81. The molecule has 1 aliphatic heterocycles. The quantitative estimate of drug-likeness (QED) is 0.910. The van der Waals surface area contributed by atoms with Crippen LogP contribution in [0.2, 0.25) is 5.02 Å². The summed E-state index contributed by atoms with van der Waals surface area (Å²) in [6.45, 7) is 0.401. The number of rotatable bonds is 2. The molecule has 20 heavy (non-hydrogen) atoms. The molecule has 1 atom stereocenters. The molecule has 1 unspecified atom stereocenters. The van der Waals surface area contributed by atoms with Crippen LogP contribution in [0.3, 0.4) is 0 Å². The molecule has 8 heteroatoms. The van der Waals surface area contributed by atoms with Crippen molar-refractivity contribution in [1.82, 2.24) is 4.90 Å². The molecule has 0 bridgehead atoms. The Morgan fingerprint density at radius 3 is 2.70 bits per heavy atom. The number of halogens is 4. The van der Waals surface area contributed by atoms with E-state index in [0.717, 1.165) is 23.1 Å². The number of amides is 1. The predicted octanol–water partition coefficient (Wildman–Crippen LogP) is 3.49. The molecule has 0 spiro atoms. The summed E-state index contributed by atoms with van der Waals surface area (Å²) in [7, 11) is 0. The lowest BCUT2D eigenvalue weighted by molar-refractivity contribution is -0.137. The van der Waals surface area contributed by atoms with Gasteiger partial charge in [0.15, 0.2) is 0 Å². The van der Waals surface area contributed by atoms with E-state index in [9.17, 15) is 18.0 Å². The molecule has 1 aromatic rings. The molecule has 1 amide bonds. The zero-order valence-electron chi connectivity index (χ0n) is 10.2. The number of carbonyl (C=O) groups is 1. The Labute approximate surface area is 117 Å². The van der Waals surface area contributed by atoms with Crippen LogP contribution in [0.15, 0.2) is 18.2 Å². The topological polar surface area (TPSA) is 49.8 Å². The number of likely N-dealkylation sites (tertiary alicyclic amines) is 1. The molecule has 0 saturated carbocycles. The van der Waals surface area contributed by atoms with Gasteiger partial charge in [-0.1, -0.05) is 11.6 Å². The Morgan fingerprint density at radius 1 is 1.45 bits per heavy atom. The molecule has 0 radical (unpaired) electrons. The van der Waals surface area contributed by atoms with Gasteiger partial charge in [-0.3, -0.25) is 0 Å². The number of nitrogens with zero attached hydrogens (tertiary/aromatic N) is 1. The third-order valence-corrected chi connectivity index (χ3v) is 3.28. The standard InChI is InChI=1S/C12H11ClF3NO3/c13-9-2-1-7(12(14,15)16)5-10(9)20-8-3-4-17(6-8)11(18)19/h1-2,5,8H,3-4,6H2,(H,18,19). The molecule has 110 valence electrons. The van der Waals surface area contributed by atoms with Crippen molar-refractivity contribution in [1.29, 1.82) is 0 Å². The van der Waals surface area contributed by atoms with E-state index >= 15 is 0 Å². The van der Waals surface area contributed by atoms with Gasteiger partial charge in [-0.25, -0.2) is 4.79 Å². The first-order chi connectivity index (χ1) is 9.27. The minimum Gasteiger partial charge on any atom is -0.487 e. The summed E-state index contributed by atoms with van der Waals surface area (Å²) < 4.78 is 43.2. The summed E-state index contributed by atoms with van der Waals surface area (Å²) in [5.41, 5.74) is -0.856. The number of ether oxygens (including phenoxy) is 1. The monoisotopic (exact) mass is 309 g/mol. The van der Waals surface area contributed by atoms with Crippen LogP contribution in [0, 0.1) is 0 Å². The zero-order valence-corrected chi connectivity index (χ0v) is 10.9. The summed E-state index contributed by atoms with van der Waals surface area (Å²) in [4.78, 5) is 11.9. The van der Waals surface area contributed by atoms with Crippen LogP contribution in [0.5, 0.6) is 5.75 Å². The SMILES string of the molecule is O=C(O)N1CCC(Oc2cc(C(F)(F)F)ccc2Cl)C1. The summed E-state index contributed by atoms with van der Waals surface area (Å²) in [6.07, 6.45) is -5.64. The van der Waals surface area contributed by atoms with E-state index in [4.69, 9.17) is 21.4 Å². The third-order valence-electron chi connectivity index (χ3n) is 2.97. The fraction of sp³-hybridized carbons (Fsp3) is 0.417. The van der Waals surface area contributed by atoms with E-state index in [1.807, 2.05) is 0 Å². The summed E-state index contributed by atoms with van der Waals surface area (Å²) >= 11 is 5.80. The van der Waals surface area contributed by atoms with Crippen molar-refractivity contribution in [2.24, 2.45) is 0 Å². The van der Waals surface area contributed by atoms with Crippen LogP contribution >= 0.6 is 11.6 Å². The lowest BCUT2D eigenvalue weighted by Crippen LogP contribution is -2.29. The molecule has 1 aliphatic rings. The van der Waals surface area contributed by atoms with Gasteiger partial charge < -0.3 is 14.7 Å². The molecular weight excluding hydrogens is 299 g/mol. The zero-order chi connectivity index (χ0) is 14.9. The molecule has 1 heterocycles. The second-order valence-electron chi connectivity index (χ2n) is 4.40. The van der Waals surface area contributed by atoms with Gasteiger partial charge in [0, 0.05) is 13.0 Å². The maximum atomic E-state index is 12.6. The number of carboxylic acid groups (broad SMARTS) is 1. The highest BCUT2D eigenvalue weighted by Gasteiger charge is 2.32. The van der Waals surface area contributed by atoms with Crippen LogP contribution < -0.4 is 4.74 Å². The fourth-order valence-corrected chi connectivity index (χ4v) is 2.11. The summed E-state index contributed by atoms with van der Waals surface area (Å²) in [5.74, 6) is -0.0845. The number of alkyl halides is 3. The van der Waals surface area contributed by atoms with Crippen molar-refractivity contribution in [2.75, 3.05) is 13.1 Å². The van der Waals surface area contributed by atoms with Gasteiger partial charge in [-0.05, 0) is 18.2 Å². The Morgan fingerprint density at radius 2 is 2.15 bits per heavy atom. The van der Waals surface area contributed by atoms with E-state index < -0.39 is 23.9 Å². The lowest BCUT2D eigenvalue weighted by atomic mass is 10.2. The van der Waals surface area contributed by atoms with Crippen LogP contribution in [0.4, 0.5) is 18.0 Å². The van der Waals surface area contributed by atoms with Gasteiger partial charge >= 0.3 is 12.3 Å². The molecule has 0 aromatic heterocycles. The average molecular weight is 310 g/mol. The van der Waals surface area contributed by atoms with Crippen LogP contribution in [-0.4, -0.2) is 35.3 Å². The minimum absolute atomic E-state index is 0.0618. The van der Waals surface area contributed by atoms with Crippen molar-refractivity contribution < 1.29 is 27.8 Å². The van der Waals surface area contributed by atoms with Crippen molar-refractivity contribution in [3.05, 3.63) is 28.8 Å². The van der Waals surface area contributed by atoms with Gasteiger partial charge in [-0.15, -0.1) is 0 Å². The molecular formula is C12H11ClF3NO3. The largest absolute Gasteiger partial charge is 0.487 e. The number of hydrogen-bond donors (Lipinski definition) is 1. The Bertz CT molecular complexity index is 521. The van der Waals surface area contributed by atoms with E-state index in [-0.39, 0.29) is 23.9 Å². The highest BCUT2D eigenvalue weighted by molar-refractivity contribution is 6.32. The first-order valence-electron chi connectivity index (χ1n) is 5.78. The molecule has 1 saturated heterocycles. The smallest absolute Gasteiger partial charge is 0.416 e. The highest BCUT2D eigenvalue weighted by Crippen LogP contribution is 2.35. The van der Waals surface area contributed by atoms with Gasteiger partial charge in [0.05, 0.1) is 17.1 Å². The fourth-order valence-electron chi connectivity index (χ4n) is 1.95. The molecule has 4 nitrogen and oxygen atoms in total. The minimum atomic E-state index is -4.48. The van der Waals surface area contributed by atoms with Crippen molar-refractivity contribution >= 4 is 17.7 Å². The third kappa shape index (κ3) is 3.27. The summed E-state index contributed by atoms with van der Waals surface area (Å²) in [5, 5.41) is 8.86. The molecule has 2 rings (SSSR count). The van der Waals surface area contributed by atoms with E-state index in [1.165, 1.54) is 0 Å². The van der Waals surface area contributed by atoms with Gasteiger partial charge in [0.1, 0.15) is 11.9 Å². The Hall–Kier alpha value is -1.63. The van der Waals surface area contributed by atoms with Gasteiger partial charge in [0.2, 0.25) is 0 Å². The van der Waals surface area contributed by atoms with E-state index in [1.54, 1.807) is 0 Å². The maximum absolute atomic E-state index is 12.6. The van der Waals surface area contributed by atoms with Gasteiger partial charge in [0.25, 0.3) is 0 Å². The van der Waals surface area contributed by atoms with E-state index in [2.05, 4.69) is 0 Å². The second kappa shape index (κ2) is 5.40. The average Bonchev–Trinajstić information content (AvgIpc) is 2.79. The highest BCUT2D eigenvalue weighted by atomic mass is 35.5. The first-order valence-corrected chi connectivity index (χ1v) is 6.16. The Balaban J connectivity index is 2.12. The number of hydrogen-bond acceptors (Lipinski definition) is 2. The van der Waals surface area contributed by atoms with Crippen molar-refractivity contribution in [3.8, 4) is 5.75 Å². The second-order valence-corrected chi connectivity index (χ2v) is 4.81. The first kappa shape index (κ1) is 14.8. The van der Waals surface area contributed by atoms with Crippen molar-refractivity contribution in [3.63, 3.8) is 0 Å². The molecule has 1 N–H and O–H groups in total. The van der Waals surface area contributed by atoms with Gasteiger partial charge in [-0.2, -0.15) is 13.2 Å². The normalized spacial score (nSPS) is 19.2. The van der Waals surface area contributed by atoms with Crippen LogP contribution in [0.25, 0.3) is 0 Å². The van der Waals surface area contributed by atoms with Crippen LogP contribution in [-0.2, 0) is 6.18 Å². The molecule has 1 aromatic carbocycles. The van der Waals surface area contributed by atoms with Crippen molar-refractivity contribution in [2.45, 2.75) is 18.7 Å². The molecule has 1 fully saturated rings. The Kier molecular flexibility index (Phi) is 3.99. The van der Waals surface area contributed by atoms with Crippen LogP contribution in [0.1, 0.15) is 12.0 Å². The maximum Gasteiger partial charge on any atom is 0.416 e. The predicted molar refractivity (Wildman–Crippen MR) is 65.1 cm³/mol. The number of benzene rings is 1. The van der Waals surface area contributed by atoms with E-state index in [0.29, 0.717) is 6.42 Å².